The number of unbranched alkanes of at least 4 members (excludes halogenated alkanes) is 2. The molecule has 0 aliphatic carbocycles. The number of pyridine rings is 1. The van der Waals surface area contributed by atoms with Gasteiger partial charge >= 0.3 is 0 Å². The zero-order valence-corrected chi connectivity index (χ0v) is 18.4. The van der Waals surface area contributed by atoms with Crippen LogP contribution in [0.25, 0.3) is 41.7 Å². The van der Waals surface area contributed by atoms with Gasteiger partial charge in [-0.05, 0) is 60.4 Å². The Balaban J connectivity index is 1.54. The Morgan fingerprint density at radius 1 is 0.875 bits per heavy atom. The fourth-order valence-electron chi connectivity index (χ4n) is 4.43. The number of rotatable bonds is 8. The van der Waals surface area contributed by atoms with Crippen LogP contribution in [0.4, 0.5) is 0 Å². The number of aliphatic hydroxyl groups is 1. The molecule has 0 amide bonds. The van der Waals surface area contributed by atoms with E-state index in [0.717, 1.165) is 39.1 Å². The highest BCUT2D eigenvalue weighted by atomic mass is 32.1. The van der Waals surface area contributed by atoms with Gasteiger partial charge < -0.3 is 9.84 Å². The summed E-state index contributed by atoms with van der Waals surface area (Å²) in [5, 5.41) is 14.5. The predicted octanol–water partition coefficient (Wildman–Crippen LogP) is 5.01. The molecule has 1 unspecified atom stereocenters. The van der Waals surface area contributed by atoms with Crippen LogP contribution in [0.3, 0.4) is 0 Å². The minimum Gasteiger partial charge on any atom is -0.365 e. The number of aliphatic hydroxyl groups excluding tert-OH is 1. The molecule has 0 aliphatic rings. The van der Waals surface area contributed by atoms with Crippen molar-refractivity contribution >= 4 is 53.1 Å². The monoisotopic (exact) mass is 445 g/mol. The van der Waals surface area contributed by atoms with Crippen molar-refractivity contribution < 1.29 is 9.84 Å². The Morgan fingerprint density at radius 3 is 2.38 bits per heavy atom. The summed E-state index contributed by atoms with van der Waals surface area (Å²) in [6, 6.07) is 16.0. The third kappa shape index (κ3) is 3.41. The van der Waals surface area contributed by atoms with E-state index in [-0.39, 0.29) is 11.1 Å². The second-order valence-electron chi connectivity index (χ2n) is 7.94. The van der Waals surface area contributed by atoms with Crippen molar-refractivity contribution in [1.29, 1.82) is 0 Å². The molecule has 0 fully saturated rings. The molecule has 1 atom stereocenters. The highest BCUT2D eigenvalue weighted by Gasteiger charge is 2.17. The molecule has 0 spiro atoms. The predicted molar refractivity (Wildman–Crippen MR) is 132 cm³/mol. The first-order valence-electron chi connectivity index (χ1n) is 10.8. The van der Waals surface area contributed by atoms with Gasteiger partial charge in [-0.15, -0.1) is 11.3 Å². The molecule has 32 heavy (non-hydrogen) atoms. The number of hydrogen-bond donors (Lipinski definition) is 1. The molecule has 0 radical (unpaired) electrons. The Hall–Kier alpha value is -3.06. The molecule has 0 saturated heterocycles. The summed E-state index contributed by atoms with van der Waals surface area (Å²) in [6.45, 7) is 4.23. The lowest BCUT2D eigenvalue weighted by Crippen LogP contribution is -2.33. The molecule has 1 N–H and O–H groups in total. The van der Waals surface area contributed by atoms with Gasteiger partial charge in [0.1, 0.15) is 0 Å². The first-order chi connectivity index (χ1) is 15.6. The van der Waals surface area contributed by atoms with Crippen molar-refractivity contribution in [1.82, 2.24) is 4.57 Å². The van der Waals surface area contributed by atoms with Crippen LogP contribution in [0, 0.1) is 0 Å². The quantitative estimate of drug-likeness (QED) is 0.120. The summed E-state index contributed by atoms with van der Waals surface area (Å²) in [7, 11) is 0. The van der Waals surface area contributed by atoms with Crippen molar-refractivity contribution in [2.45, 2.75) is 32.1 Å². The van der Waals surface area contributed by atoms with E-state index in [9.17, 15) is 14.7 Å². The highest BCUT2D eigenvalue weighted by Crippen LogP contribution is 2.39. The lowest BCUT2D eigenvalue weighted by Gasteiger charge is -2.14. The van der Waals surface area contributed by atoms with Crippen molar-refractivity contribution in [2.75, 3.05) is 6.61 Å². The Labute approximate surface area is 188 Å². The summed E-state index contributed by atoms with van der Waals surface area (Å²) in [6.07, 6.45) is 2.58. The van der Waals surface area contributed by atoms with Crippen LogP contribution < -0.4 is 11.1 Å². The zero-order valence-electron chi connectivity index (χ0n) is 17.5. The Bertz CT molecular complexity index is 1530. The van der Waals surface area contributed by atoms with Crippen LogP contribution >= 0.6 is 11.3 Å². The van der Waals surface area contributed by atoms with Crippen LogP contribution in [0.2, 0.25) is 0 Å². The molecule has 5 aromatic rings. The van der Waals surface area contributed by atoms with E-state index >= 15 is 0 Å². The summed E-state index contributed by atoms with van der Waals surface area (Å²) >= 11 is 1.68. The first-order valence-corrected chi connectivity index (χ1v) is 11.6. The maximum Gasteiger partial charge on any atom is 0.261 e. The van der Waals surface area contributed by atoms with Gasteiger partial charge in [-0.3, -0.25) is 14.2 Å². The molecular weight excluding hydrogens is 422 g/mol. The fourth-order valence-corrected chi connectivity index (χ4v) is 5.56. The Kier molecular flexibility index (Phi) is 5.51. The normalized spacial score (nSPS) is 12.9. The molecule has 0 bridgehead atoms. The minimum atomic E-state index is -0.955. The van der Waals surface area contributed by atoms with Crippen molar-refractivity contribution in [3.8, 4) is 0 Å². The van der Waals surface area contributed by atoms with E-state index in [1.54, 1.807) is 11.3 Å². The molecule has 0 aliphatic heterocycles. The summed E-state index contributed by atoms with van der Waals surface area (Å²) in [5.74, 6) is 0. The molecule has 3 aromatic carbocycles. The fraction of sp³-hybridized carbons (Fsp3) is 0.231. The molecule has 5 nitrogen and oxygen atoms in total. The average molecular weight is 446 g/mol. The summed E-state index contributed by atoms with van der Waals surface area (Å²) in [5.41, 5.74) is -0.457. The standard InChI is InChI=1S/C26H23NO4S/c1-2-22(28)31-15-7-3-6-14-27-25(29)18-11-10-17-16-8-4-5-9-20(16)32-21-13-12-19(26(27)30)23(18)24(17)21/h2,4-5,8-13,22,28H,1,3,6-7,14-15H2. The van der Waals surface area contributed by atoms with Gasteiger partial charge in [0.25, 0.3) is 11.1 Å². The van der Waals surface area contributed by atoms with Gasteiger partial charge in [-0.2, -0.15) is 0 Å². The van der Waals surface area contributed by atoms with E-state index in [2.05, 4.69) is 18.7 Å². The van der Waals surface area contributed by atoms with Gasteiger partial charge in [-0.1, -0.05) is 30.8 Å². The number of hydrogen-bond acceptors (Lipinski definition) is 5. The number of aromatic nitrogens is 1. The second-order valence-corrected chi connectivity index (χ2v) is 9.02. The molecule has 2 heterocycles. The molecule has 2 aromatic heterocycles. The molecular formula is C26H23NO4S. The van der Waals surface area contributed by atoms with Gasteiger partial charge in [0.2, 0.25) is 0 Å². The topological polar surface area (TPSA) is 68.5 Å². The maximum absolute atomic E-state index is 13.3. The third-order valence-corrected chi connectivity index (χ3v) is 7.12. The molecule has 0 saturated carbocycles. The second kappa shape index (κ2) is 8.47. The zero-order chi connectivity index (χ0) is 22.2. The lowest BCUT2D eigenvalue weighted by atomic mass is 9.97. The number of nitrogens with zero attached hydrogens (tertiary/aromatic N) is 1. The number of ether oxygens (including phenoxy) is 1. The van der Waals surface area contributed by atoms with Crippen LogP contribution in [0.15, 0.2) is 70.8 Å². The number of benzene rings is 3. The van der Waals surface area contributed by atoms with Crippen molar-refractivity contribution in [3.63, 3.8) is 0 Å². The van der Waals surface area contributed by atoms with E-state index in [0.29, 0.717) is 30.3 Å². The van der Waals surface area contributed by atoms with Crippen molar-refractivity contribution in [2.24, 2.45) is 0 Å². The highest BCUT2D eigenvalue weighted by molar-refractivity contribution is 7.25. The largest absolute Gasteiger partial charge is 0.365 e. The SMILES string of the molecule is C=CC(O)OCCCCCn1c(=O)c2ccc3sc4ccccc4c4ccc(c1=O)c2c34. The van der Waals surface area contributed by atoms with Gasteiger partial charge in [0.05, 0.1) is 6.61 Å². The van der Waals surface area contributed by atoms with Crippen LogP contribution in [-0.2, 0) is 11.3 Å². The lowest BCUT2D eigenvalue weighted by molar-refractivity contribution is -0.0648. The van der Waals surface area contributed by atoms with Gasteiger partial charge in [-0.25, -0.2) is 0 Å². The summed E-state index contributed by atoms with van der Waals surface area (Å²) in [4.78, 5) is 26.5. The van der Waals surface area contributed by atoms with Crippen molar-refractivity contribution in [3.05, 3.63) is 81.9 Å². The van der Waals surface area contributed by atoms with E-state index in [1.807, 2.05) is 36.4 Å². The average Bonchev–Trinajstić information content (AvgIpc) is 2.82. The maximum atomic E-state index is 13.3. The van der Waals surface area contributed by atoms with Crippen LogP contribution in [0.5, 0.6) is 0 Å². The van der Waals surface area contributed by atoms with Gasteiger partial charge in [0.15, 0.2) is 6.29 Å². The van der Waals surface area contributed by atoms with E-state index in [1.165, 1.54) is 15.3 Å². The molecule has 6 heteroatoms. The van der Waals surface area contributed by atoms with Gasteiger partial charge in [0, 0.05) is 37.5 Å². The Morgan fingerprint density at radius 2 is 1.59 bits per heavy atom. The summed E-state index contributed by atoms with van der Waals surface area (Å²) < 4.78 is 8.79. The first kappa shape index (κ1) is 20.8. The minimum absolute atomic E-state index is 0.228. The molecule has 162 valence electrons. The third-order valence-electron chi connectivity index (χ3n) is 5.99. The van der Waals surface area contributed by atoms with E-state index in [4.69, 9.17) is 4.74 Å². The van der Waals surface area contributed by atoms with Crippen LogP contribution in [0.1, 0.15) is 19.3 Å². The van der Waals surface area contributed by atoms with Crippen LogP contribution in [-0.4, -0.2) is 22.6 Å². The molecule has 5 rings (SSSR count). The van der Waals surface area contributed by atoms with E-state index < -0.39 is 6.29 Å². The number of fused-ring (bicyclic) bond motifs is 2. The smallest absolute Gasteiger partial charge is 0.261 e.